The molecule has 132 valence electrons. The summed E-state index contributed by atoms with van der Waals surface area (Å²) in [4.78, 5) is 28.5. The Hall–Kier alpha value is -0.810. The van der Waals surface area contributed by atoms with Gasteiger partial charge in [-0.2, -0.15) is 0 Å². The quantitative estimate of drug-likeness (QED) is 0.826. The number of rotatable bonds is 5. The van der Waals surface area contributed by atoms with Crippen molar-refractivity contribution in [2.45, 2.75) is 44.9 Å². The van der Waals surface area contributed by atoms with Crippen LogP contribution in [-0.2, 0) is 9.59 Å². The van der Waals surface area contributed by atoms with Crippen LogP contribution in [0.3, 0.4) is 0 Å². The molecule has 0 atom stereocenters. The lowest BCUT2D eigenvalue weighted by Gasteiger charge is -2.37. The first-order chi connectivity index (χ1) is 10.7. The van der Waals surface area contributed by atoms with E-state index in [1.165, 1.54) is 32.1 Å². The highest BCUT2D eigenvalue weighted by Crippen LogP contribution is 2.27. The van der Waals surface area contributed by atoms with Crippen LogP contribution in [0.15, 0.2) is 0 Å². The van der Waals surface area contributed by atoms with Crippen LogP contribution in [0.25, 0.3) is 0 Å². The van der Waals surface area contributed by atoms with E-state index in [0.29, 0.717) is 38.6 Å². The molecule has 3 aliphatic rings. The van der Waals surface area contributed by atoms with E-state index in [1.54, 1.807) is 0 Å². The summed E-state index contributed by atoms with van der Waals surface area (Å²) in [7, 11) is 0. The molecule has 0 aromatic carbocycles. The third kappa shape index (κ3) is 5.35. The van der Waals surface area contributed by atoms with Gasteiger partial charge in [0.05, 0.1) is 6.54 Å². The highest BCUT2D eigenvalue weighted by molar-refractivity contribution is 5.85. The molecule has 3 fully saturated rings. The molecule has 5 nitrogen and oxygen atoms in total. The van der Waals surface area contributed by atoms with Gasteiger partial charge in [0.2, 0.25) is 11.8 Å². The summed E-state index contributed by atoms with van der Waals surface area (Å²) in [6, 6.07) is 0. The van der Waals surface area contributed by atoms with Crippen molar-refractivity contribution in [2.24, 2.45) is 11.8 Å². The zero-order valence-corrected chi connectivity index (χ0v) is 14.8. The number of amides is 2. The maximum Gasteiger partial charge on any atom is 0.236 e. The Kier molecular flexibility index (Phi) is 7.15. The van der Waals surface area contributed by atoms with Crippen molar-refractivity contribution in [3.05, 3.63) is 0 Å². The average Bonchev–Trinajstić information content (AvgIpc) is 3.39. The van der Waals surface area contributed by atoms with Gasteiger partial charge in [0.1, 0.15) is 0 Å². The van der Waals surface area contributed by atoms with Crippen molar-refractivity contribution in [1.82, 2.24) is 15.1 Å². The second-order valence-corrected chi connectivity index (χ2v) is 7.12. The fourth-order valence-electron chi connectivity index (χ4n) is 3.60. The molecule has 2 saturated carbocycles. The fourth-order valence-corrected chi connectivity index (χ4v) is 3.60. The van der Waals surface area contributed by atoms with Gasteiger partial charge in [-0.25, -0.2) is 0 Å². The number of nitrogens with one attached hydrogen (secondary N) is 1. The summed E-state index contributed by atoms with van der Waals surface area (Å²) in [5, 5.41) is 3.26. The molecule has 3 rings (SSSR count). The molecule has 1 saturated heterocycles. The van der Waals surface area contributed by atoms with E-state index in [2.05, 4.69) is 5.32 Å². The van der Waals surface area contributed by atoms with Crippen LogP contribution in [0.1, 0.15) is 44.9 Å². The zero-order chi connectivity index (χ0) is 15.4. The van der Waals surface area contributed by atoms with Gasteiger partial charge in [-0.3, -0.25) is 9.59 Å². The zero-order valence-electron chi connectivity index (χ0n) is 14.0. The van der Waals surface area contributed by atoms with Crippen molar-refractivity contribution in [3.8, 4) is 0 Å². The van der Waals surface area contributed by atoms with Gasteiger partial charge in [-0.05, 0) is 38.1 Å². The van der Waals surface area contributed by atoms with Crippen LogP contribution < -0.4 is 5.32 Å². The van der Waals surface area contributed by atoms with Crippen molar-refractivity contribution in [3.63, 3.8) is 0 Å². The van der Waals surface area contributed by atoms with Crippen molar-refractivity contribution in [1.29, 1.82) is 0 Å². The van der Waals surface area contributed by atoms with E-state index in [9.17, 15) is 9.59 Å². The van der Waals surface area contributed by atoms with E-state index < -0.39 is 0 Å². The molecular formula is C17H30ClN3O2. The molecule has 0 unspecified atom stereocenters. The highest BCUT2D eigenvalue weighted by Gasteiger charge is 2.29. The van der Waals surface area contributed by atoms with Crippen LogP contribution in [0.5, 0.6) is 0 Å². The van der Waals surface area contributed by atoms with E-state index in [0.717, 1.165) is 25.3 Å². The molecule has 2 amide bonds. The Morgan fingerprint density at radius 2 is 1.48 bits per heavy atom. The van der Waals surface area contributed by atoms with E-state index >= 15 is 0 Å². The second-order valence-electron chi connectivity index (χ2n) is 7.12. The average molecular weight is 344 g/mol. The fraction of sp³-hybridized carbons (Fsp3) is 0.882. The molecule has 0 aromatic rings. The molecule has 1 N–H and O–H groups in total. The molecule has 0 spiro atoms. The number of hydrogen-bond acceptors (Lipinski definition) is 3. The van der Waals surface area contributed by atoms with Crippen molar-refractivity contribution in [2.75, 3.05) is 39.3 Å². The second kappa shape index (κ2) is 8.88. The summed E-state index contributed by atoms with van der Waals surface area (Å²) in [5.74, 6) is 1.57. The first-order valence-corrected chi connectivity index (χ1v) is 9.01. The van der Waals surface area contributed by atoms with Gasteiger partial charge >= 0.3 is 0 Å². The predicted molar refractivity (Wildman–Crippen MR) is 92.6 cm³/mol. The Balaban J connectivity index is 0.00000192. The lowest BCUT2D eigenvalue weighted by molar-refractivity contribution is -0.142. The topological polar surface area (TPSA) is 52.7 Å². The van der Waals surface area contributed by atoms with Crippen LogP contribution in [-0.4, -0.2) is 60.9 Å². The Bertz CT molecular complexity index is 401. The summed E-state index contributed by atoms with van der Waals surface area (Å²) in [6.07, 6.45) is 8.40. The van der Waals surface area contributed by atoms with Gasteiger partial charge < -0.3 is 15.1 Å². The number of nitrogens with zero attached hydrogens (tertiary/aromatic N) is 2. The molecule has 0 bridgehead atoms. The van der Waals surface area contributed by atoms with Gasteiger partial charge in [0.25, 0.3) is 0 Å². The number of carbonyl (C=O) groups is 2. The summed E-state index contributed by atoms with van der Waals surface area (Å²) in [6.45, 7) is 4.25. The van der Waals surface area contributed by atoms with Crippen molar-refractivity contribution >= 4 is 24.2 Å². The van der Waals surface area contributed by atoms with Crippen LogP contribution >= 0.6 is 12.4 Å². The summed E-state index contributed by atoms with van der Waals surface area (Å²) >= 11 is 0. The lowest BCUT2D eigenvalue weighted by atomic mass is 9.88. The third-order valence-electron chi connectivity index (χ3n) is 5.30. The highest BCUT2D eigenvalue weighted by atomic mass is 35.5. The number of halogens is 1. The SMILES string of the molecule is Cl.O=C(CNCC1CC1)N1CCN(C(=O)C2CCCCC2)CC1. The van der Waals surface area contributed by atoms with Gasteiger partial charge in [-0.1, -0.05) is 19.3 Å². The molecular weight excluding hydrogens is 314 g/mol. The number of piperazine rings is 1. The largest absolute Gasteiger partial charge is 0.339 e. The normalized spacial score (nSPS) is 22.6. The summed E-state index contributed by atoms with van der Waals surface area (Å²) in [5.41, 5.74) is 0. The lowest BCUT2D eigenvalue weighted by Crippen LogP contribution is -2.53. The van der Waals surface area contributed by atoms with E-state index in [-0.39, 0.29) is 24.2 Å². The van der Waals surface area contributed by atoms with Gasteiger partial charge in [0.15, 0.2) is 0 Å². The number of carbonyl (C=O) groups excluding carboxylic acids is 2. The van der Waals surface area contributed by atoms with Crippen LogP contribution in [0, 0.1) is 11.8 Å². The van der Waals surface area contributed by atoms with Crippen molar-refractivity contribution < 1.29 is 9.59 Å². The van der Waals surface area contributed by atoms with Gasteiger partial charge in [0, 0.05) is 32.1 Å². The monoisotopic (exact) mass is 343 g/mol. The Morgan fingerprint density at radius 1 is 0.870 bits per heavy atom. The van der Waals surface area contributed by atoms with Crippen LogP contribution in [0.2, 0.25) is 0 Å². The number of hydrogen-bond donors (Lipinski definition) is 1. The maximum atomic E-state index is 12.5. The summed E-state index contributed by atoms with van der Waals surface area (Å²) < 4.78 is 0. The van der Waals surface area contributed by atoms with Crippen LogP contribution in [0.4, 0.5) is 0 Å². The van der Waals surface area contributed by atoms with Gasteiger partial charge in [-0.15, -0.1) is 12.4 Å². The molecule has 23 heavy (non-hydrogen) atoms. The van der Waals surface area contributed by atoms with E-state index in [1.807, 2.05) is 9.80 Å². The Morgan fingerprint density at radius 3 is 2.09 bits per heavy atom. The third-order valence-corrected chi connectivity index (χ3v) is 5.30. The standard InChI is InChI=1S/C17H29N3O2.ClH/c21-16(13-18-12-14-6-7-14)19-8-10-20(11-9-19)17(22)15-4-2-1-3-5-15;/h14-15,18H,1-13H2;1H. The first-order valence-electron chi connectivity index (χ1n) is 9.01. The first kappa shape index (κ1) is 18.5. The molecule has 1 heterocycles. The molecule has 0 radical (unpaired) electrons. The maximum absolute atomic E-state index is 12.5. The van der Waals surface area contributed by atoms with E-state index in [4.69, 9.17) is 0 Å². The molecule has 1 aliphatic heterocycles. The Labute approximate surface area is 145 Å². The molecule has 6 heteroatoms. The minimum absolute atomic E-state index is 0. The predicted octanol–water partition coefficient (Wildman–Crippen LogP) is 1.66. The minimum atomic E-state index is 0. The smallest absolute Gasteiger partial charge is 0.236 e. The molecule has 2 aliphatic carbocycles. The molecule has 0 aromatic heterocycles. The minimum Gasteiger partial charge on any atom is -0.339 e.